The molecule has 142 valence electrons. The number of aromatic nitrogens is 4. The molecule has 4 aromatic rings. The SMILES string of the molecule is Cc1ccc(OCC(=O)Nc2ccccc2-c2nn3c(C)nnc3s2)c(C)c1. The average molecular weight is 393 g/mol. The highest BCUT2D eigenvalue weighted by Gasteiger charge is 2.15. The summed E-state index contributed by atoms with van der Waals surface area (Å²) in [5.41, 5.74) is 3.67. The molecule has 0 saturated heterocycles. The third-order valence-electron chi connectivity index (χ3n) is 4.27. The molecule has 1 N–H and O–H groups in total. The van der Waals surface area contributed by atoms with Crippen LogP contribution in [0.15, 0.2) is 42.5 Å². The van der Waals surface area contributed by atoms with Gasteiger partial charge >= 0.3 is 0 Å². The number of benzene rings is 2. The van der Waals surface area contributed by atoms with E-state index in [-0.39, 0.29) is 12.5 Å². The lowest BCUT2D eigenvalue weighted by Gasteiger charge is -2.11. The maximum atomic E-state index is 12.4. The maximum absolute atomic E-state index is 12.4. The Kier molecular flexibility index (Phi) is 4.79. The minimum absolute atomic E-state index is 0.0670. The Morgan fingerprint density at radius 2 is 1.96 bits per heavy atom. The highest BCUT2D eigenvalue weighted by molar-refractivity contribution is 7.19. The number of carbonyl (C=O) groups is 1. The zero-order valence-electron chi connectivity index (χ0n) is 15.8. The minimum atomic E-state index is -0.230. The number of nitrogens with zero attached hydrogens (tertiary/aromatic N) is 4. The Hall–Kier alpha value is -3.26. The molecule has 2 heterocycles. The van der Waals surface area contributed by atoms with Crippen LogP contribution in [-0.4, -0.2) is 32.3 Å². The molecule has 8 heteroatoms. The lowest BCUT2D eigenvalue weighted by molar-refractivity contribution is -0.118. The third-order valence-corrected chi connectivity index (χ3v) is 5.20. The van der Waals surface area contributed by atoms with Crippen LogP contribution in [0.5, 0.6) is 5.75 Å². The number of anilines is 1. The van der Waals surface area contributed by atoms with Crippen LogP contribution < -0.4 is 10.1 Å². The highest BCUT2D eigenvalue weighted by Crippen LogP contribution is 2.31. The van der Waals surface area contributed by atoms with Crippen molar-refractivity contribution in [2.75, 3.05) is 11.9 Å². The number of para-hydroxylation sites is 1. The van der Waals surface area contributed by atoms with Gasteiger partial charge < -0.3 is 10.1 Å². The molecule has 7 nitrogen and oxygen atoms in total. The van der Waals surface area contributed by atoms with E-state index in [2.05, 4.69) is 20.6 Å². The first-order valence-electron chi connectivity index (χ1n) is 8.79. The van der Waals surface area contributed by atoms with Gasteiger partial charge in [-0.25, -0.2) is 0 Å². The van der Waals surface area contributed by atoms with Gasteiger partial charge in [0.05, 0.1) is 5.69 Å². The molecule has 0 spiro atoms. The van der Waals surface area contributed by atoms with Crippen LogP contribution in [-0.2, 0) is 4.79 Å². The fraction of sp³-hybridized carbons (Fsp3) is 0.200. The molecule has 0 radical (unpaired) electrons. The van der Waals surface area contributed by atoms with Gasteiger partial charge in [-0.2, -0.15) is 9.61 Å². The first kappa shape index (κ1) is 18.1. The number of aryl methyl sites for hydroxylation is 3. The smallest absolute Gasteiger partial charge is 0.262 e. The Bertz CT molecular complexity index is 1160. The van der Waals surface area contributed by atoms with Crippen LogP contribution in [0.4, 0.5) is 5.69 Å². The van der Waals surface area contributed by atoms with Crippen LogP contribution in [0.1, 0.15) is 17.0 Å². The molecule has 28 heavy (non-hydrogen) atoms. The molecule has 0 aliphatic heterocycles. The van der Waals surface area contributed by atoms with E-state index in [4.69, 9.17) is 4.74 Å². The molecule has 4 rings (SSSR count). The van der Waals surface area contributed by atoms with Crippen molar-refractivity contribution >= 4 is 27.9 Å². The summed E-state index contributed by atoms with van der Waals surface area (Å²) >= 11 is 1.42. The molecule has 0 unspecified atom stereocenters. The number of amides is 1. The Morgan fingerprint density at radius 1 is 1.14 bits per heavy atom. The first-order chi connectivity index (χ1) is 13.5. The Labute approximate surface area is 166 Å². The van der Waals surface area contributed by atoms with Gasteiger partial charge in [0.2, 0.25) is 4.96 Å². The fourth-order valence-electron chi connectivity index (χ4n) is 2.89. The van der Waals surface area contributed by atoms with Crippen molar-refractivity contribution in [1.82, 2.24) is 19.8 Å². The summed E-state index contributed by atoms with van der Waals surface area (Å²) in [4.78, 5) is 13.2. The zero-order valence-corrected chi connectivity index (χ0v) is 16.6. The van der Waals surface area contributed by atoms with Gasteiger partial charge in [0.1, 0.15) is 10.8 Å². The standard InChI is InChI=1S/C20H19N5O2S/c1-12-8-9-17(13(2)10-12)27-11-18(26)21-16-7-5-4-6-15(16)19-24-25-14(3)22-23-20(25)28-19/h4-10H,11H2,1-3H3,(H,21,26). The monoisotopic (exact) mass is 393 g/mol. The number of hydrogen-bond donors (Lipinski definition) is 1. The molecule has 2 aromatic carbocycles. The van der Waals surface area contributed by atoms with E-state index in [9.17, 15) is 4.79 Å². The molecule has 0 saturated carbocycles. The second-order valence-corrected chi connectivity index (χ2v) is 7.46. The average Bonchev–Trinajstić information content (AvgIpc) is 3.24. The van der Waals surface area contributed by atoms with Gasteiger partial charge in [0.15, 0.2) is 12.4 Å². The normalized spacial score (nSPS) is 11.0. The van der Waals surface area contributed by atoms with Crippen molar-refractivity contribution in [2.45, 2.75) is 20.8 Å². The van der Waals surface area contributed by atoms with Crippen molar-refractivity contribution in [3.63, 3.8) is 0 Å². The quantitative estimate of drug-likeness (QED) is 0.558. The van der Waals surface area contributed by atoms with Gasteiger partial charge in [-0.1, -0.05) is 41.2 Å². The van der Waals surface area contributed by atoms with E-state index < -0.39 is 0 Å². The summed E-state index contributed by atoms with van der Waals surface area (Å²) in [5.74, 6) is 1.20. The van der Waals surface area contributed by atoms with Gasteiger partial charge in [0.25, 0.3) is 5.91 Å². The summed E-state index contributed by atoms with van der Waals surface area (Å²) in [7, 11) is 0. The molecule has 0 atom stereocenters. The predicted octanol–water partition coefficient (Wildman–Crippen LogP) is 3.80. The summed E-state index contributed by atoms with van der Waals surface area (Å²) < 4.78 is 7.37. The molecular weight excluding hydrogens is 374 g/mol. The minimum Gasteiger partial charge on any atom is -0.483 e. The van der Waals surface area contributed by atoms with E-state index in [1.54, 1.807) is 4.52 Å². The maximum Gasteiger partial charge on any atom is 0.262 e. The van der Waals surface area contributed by atoms with Gasteiger partial charge in [-0.3, -0.25) is 4.79 Å². The lowest BCUT2D eigenvalue weighted by atomic mass is 10.1. The number of ether oxygens (including phenoxy) is 1. The molecule has 1 amide bonds. The number of carbonyl (C=O) groups excluding carboxylic acids is 1. The zero-order chi connectivity index (χ0) is 19.7. The van der Waals surface area contributed by atoms with Crippen molar-refractivity contribution in [3.05, 3.63) is 59.4 Å². The lowest BCUT2D eigenvalue weighted by Crippen LogP contribution is -2.20. The molecular formula is C20H19N5O2S. The van der Waals surface area contributed by atoms with Crippen molar-refractivity contribution < 1.29 is 9.53 Å². The molecule has 0 aliphatic rings. The van der Waals surface area contributed by atoms with Crippen LogP contribution in [0.25, 0.3) is 15.5 Å². The van der Waals surface area contributed by atoms with Crippen LogP contribution in [0.3, 0.4) is 0 Å². The summed E-state index contributed by atoms with van der Waals surface area (Å²) in [6, 6.07) is 13.4. The Balaban J connectivity index is 1.51. The molecule has 0 bridgehead atoms. The van der Waals surface area contributed by atoms with E-state index in [0.717, 1.165) is 27.5 Å². The topological polar surface area (TPSA) is 81.4 Å². The predicted molar refractivity (Wildman–Crippen MR) is 109 cm³/mol. The Morgan fingerprint density at radius 3 is 2.75 bits per heavy atom. The fourth-order valence-corrected chi connectivity index (χ4v) is 3.82. The third kappa shape index (κ3) is 3.59. The molecule has 2 aromatic heterocycles. The number of rotatable bonds is 5. The highest BCUT2D eigenvalue weighted by atomic mass is 32.1. The number of fused-ring (bicyclic) bond motifs is 1. The molecule has 0 aliphatic carbocycles. The van der Waals surface area contributed by atoms with Crippen LogP contribution in [0, 0.1) is 20.8 Å². The summed E-state index contributed by atoms with van der Waals surface area (Å²) in [6.07, 6.45) is 0. The first-order valence-corrected chi connectivity index (χ1v) is 9.61. The van der Waals surface area contributed by atoms with Crippen molar-refractivity contribution in [3.8, 4) is 16.3 Å². The van der Waals surface area contributed by atoms with Crippen LogP contribution >= 0.6 is 11.3 Å². The van der Waals surface area contributed by atoms with E-state index >= 15 is 0 Å². The van der Waals surface area contributed by atoms with E-state index in [1.165, 1.54) is 11.3 Å². The van der Waals surface area contributed by atoms with Gasteiger partial charge in [0, 0.05) is 5.56 Å². The van der Waals surface area contributed by atoms with Gasteiger partial charge in [-0.15, -0.1) is 10.2 Å². The van der Waals surface area contributed by atoms with E-state index in [0.29, 0.717) is 16.4 Å². The largest absolute Gasteiger partial charge is 0.483 e. The summed E-state index contributed by atoms with van der Waals surface area (Å²) in [5, 5.41) is 16.3. The van der Waals surface area contributed by atoms with Crippen LogP contribution in [0.2, 0.25) is 0 Å². The number of nitrogens with one attached hydrogen (secondary N) is 1. The van der Waals surface area contributed by atoms with Gasteiger partial charge in [-0.05, 0) is 44.5 Å². The second-order valence-electron chi connectivity index (χ2n) is 6.50. The van der Waals surface area contributed by atoms with Crippen molar-refractivity contribution in [1.29, 1.82) is 0 Å². The number of hydrogen-bond acceptors (Lipinski definition) is 6. The summed E-state index contributed by atoms with van der Waals surface area (Å²) in [6.45, 7) is 5.77. The van der Waals surface area contributed by atoms with E-state index in [1.807, 2.05) is 63.2 Å². The molecule has 0 fully saturated rings. The second kappa shape index (κ2) is 7.40. The van der Waals surface area contributed by atoms with Crippen molar-refractivity contribution in [2.24, 2.45) is 0 Å².